The average molecular weight is 241 g/mol. The van der Waals surface area contributed by atoms with Gasteiger partial charge >= 0.3 is 0 Å². The van der Waals surface area contributed by atoms with Gasteiger partial charge in [0.05, 0.1) is 0 Å². The Morgan fingerprint density at radius 3 is 1.65 bits per heavy atom. The Balaban J connectivity index is 2.85. The molecule has 17 heavy (non-hydrogen) atoms. The molecular formula is C16H33O. The zero-order valence-corrected chi connectivity index (χ0v) is 12.0. The summed E-state index contributed by atoms with van der Waals surface area (Å²) in [5.41, 5.74) is 0. The van der Waals surface area contributed by atoms with E-state index in [2.05, 4.69) is 13.8 Å². The van der Waals surface area contributed by atoms with Crippen LogP contribution < -0.4 is 0 Å². The van der Waals surface area contributed by atoms with E-state index < -0.39 is 0 Å². The van der Waals surface area contributed by atoms with Gasteiger partial charge in [-0.2, -0.15) is 0 Å². The fraction of sp³-hybridized carbons (Fsp3) is 0.938. The molecule has 0 saturated heterocycles. The molecule has 0 aromatic carbocycles. The predicted molar refractivity (Wildman–Crippen MR) is 77.3 cm³/mol. The zero-order valence-electron chi connectivity index (χ0n) is 12.0. The van der Waals surface area contributed by atoms with Crippen LogP contribution in [0.15, 0.2) is 0 Å². The van der Waals surface area contributed by atoms with Crippen LogP contribution in [0.3, 0.4) is 0 Å². The van der Waals surface area contributed by atoms with E-state index in [0.29, 0.717) is 0 Å². The van der Waals surface area contributed by atoms with Gasteiger partial charge in [-0.3, -0.25) is 0 Å². The summed E-state index contributed by atoms with van der Waals surface area (Å²) in [6, 6.07) is 0. The quantitative estimate of drug-likeness (QED) is 0.363. The van der Waals surface area contributed by atoms with Gasteiger partial charge in [-0.25, -0.2) is 0 Å². The maximum Gasteiger partial charge on any atom is 0.0466 e. The molecule has 1 radical (unpaired) electrons. The zero-order chi connectivity index (χ0) is 12.6. The fourth-order valence-corrected chi connectivity index (χ4v) is 2.00. The minimum Gasteiger partial charge on any atom is -0.381 e. The molecule has 0 aromatic heterocycles. The summed E-state index contributed by atoms with van der Waals surface area (Å²) in [7, 11) is 0. The van der Waals surface area contributed by atoms with Crippen LogP contribution >= 0.6 is 0 Å². The molecule has 0 fully saturated rings. The molecule has 0 aliphatic carbocycles. The number of unbranched alkanes of at least 4 members (excludes halogenated alkanes) is 10. The van der Waals surface area contributed by atoms with Crippen LogP contribution in [0, 0.1) is 6.92 Å². The predicted octanol–water partition coefficient (Wildman–Crippen LogP) is 5.54. The molecule has 0 bridgehead atoms. The van der Waals surface area contributed by atoms with Crippen molar-refractivity contribution in [2.75, 3.05) is 13.2 Å². The van der Waals surface area contributed by atoms with Crippen molar-refractivity contribution in [1.82, 2.24) is 0 Å². The smallest absolute Gasteiger partial charge is 0.0466 e. The first kappa shape index (κ1) is 17.0. The van der Waals surface area contributed by atoms with Crippen molar-refractivity contribution in [1.29, 1.82) is 0 Å². The molecule has 0 aromatic rings. The van der Waals surface area contributed by atoms with E-state index in [9.17, 15) is 0 Å². The first-order valence-corrected chi connectivity index (χ1v) is 7.78. The van der Waals surface area contributed by atoms with Gasteiger partial charge in [-0.15, -0.1) is 0 Å². The first-order chi connectivity index (χ1) is 8.41. The Labute approximate surface area is 109 Å². The summed E-state index contributed by atoms with van der Waals surface area (Å²) in [4.78, 5) is 0. The van der Waals surface area contributed by atoms with E-state index in [0.717, 1.165) is 19.6 Å². The maximum absolute atomic E-state index is 5.57. The monoisotopic (exact) mass is 241 g/mol. The van der Waals surface area contributed by atoms with Crippen LogP contribution in [-0.2, 0) is 4.74 Å². The highest BCUT2D eigenvalue weighted by atomic mass is 16.5. The van der Waals surface area contributed by atoms with Gasteiger partial charge in [0.2, 0.25) is 0 Å². The molecule has 0 rings (SSSR count). The Morgan fingerprint density at radius 2 is 1.12 bits per heavy atom. The van der Waals surface area contributed by atoms with Crippen LogP contribution in [0.4, 0.5) is 0 Å². The van der Waals surface area contributed by atoms with Crippen LogP contribution in [0.2, 0.25) is 0 Å². The molecule has 1 heteroatoms. The number of hydrogen-bond donors (Lipinski definition) is 0. The summed E-state index contributed by atoms with van der Waals surface area (Å²) in [5, 5.41) is 0. The molecule has 0 aliphatic rings. The highest BCUT2D eigenvalue weighted by Gasteiger charge is 1.93. The van der Waals surface area contributed by atoms with Crippen LogP contribution in [0.5, 0.6) is 0 Å². The Kier molecular flexibility index (Phi) is 15.9. The van der Waals surface area contributed by atoms with Gasteiger partial charge in [0, 0.05) is 13.2 Å². The summed E-state index contributed by atoms with van der Waals surface area (Å²) < 4.78 is 5.57. The van der Waals surface area contributed by atoms with Gasteiger partial charge in [-0.05, 0) is 12.8 Å². The Bertz CT molecular complexity index is 109. The van der Waals surface area contributed by atoms with Gasteiger partial charge in [-0.1, -0.05) is 78.1 Å². The van der Waals surface area contributed by atoms with Gasteiger partial charge in [0.25, 0.3) is 0 Å². The summed E-state index contributed by atoms with van der Waals surface area (Å²) in [5.74, 6) is 0. The average Bonchev–Trinajstić information content (AvgIpc) is 2.35. The fourth-order valence-electron chi connectivity index (χ4n) is 2.00. The topological polar surface area (TPSA) is 9.23 Å². The van der Waals surface area contributed by atoms with Gasteiger partial charge in [0.1, 0.15) is 0 Å². The van der Waals surface area contributed by atoms with Crippen molar-refractivity contribution in [3.8, 4) is 0 Å². The SMILES string of the molecule is [CH2]CCCCOCCCCCCCCCCC. The van der Waals surface area contributed by atoms with E-state index in [-0.39, 0.29) is 0 Å². The molecule has 103 valence electrons. The van der Waals surface area contributed by atoms with E-state index in [1.807, 2.05) is 0 Å². The van der Waals surface area contributed by atoms with Crippen molar-refractivity contribution in [2.24, 2.45) is 0 Å². The molecule has 0 atom stereocenters. The van der Waals surface area contributed by atoms with Crippen molar-refractivity contribution >= 4 is 0 Å². The minimum atomic E-state index is 0.937. The van der Waals surface area contributed by atoms with Crippen LogP contribution in [-0.4, -0.2) is 13.2 Å². The molecule has 0 spiro atoms. The lowest BCUT2D eigenvalue weighted by Crippen LogP contribution is -1.96. The second kappa shape index (κ2) is 16.0. The second-order valence-electron chi connectivity index (χ2n) is 5.00. The molecule has 0 N–H and O–H groups in total. The third kappa shape index (κ3) is 16.0. The van der Waals surface area contributed by atoms with Crippen molar-refractivity contribution in [3.63, 3.8) is 0 Å². The summed E-state index contributed by atoms with van der Waals surface area (Å²) >= 11 is 0. The second-order valence-corrected chi connectivity index (χ2v) is 5.00. The molecule has 0 amide bonds. The first-order valence-electron chi connectivity index (χ1n) is 7.78. The minimum absolute atomic E-state index is 0.937. The molecule has 0 aliphatic heterocycles. The van der Waals surface area contributed by atoms with Crippen LogP contribution in [0.1, 0.15) is 84.0 Å². The lowest BCUT2D eigenvalue weighted by Gasteiger charge is -2.04. The molecule has 0 saturated carbocycles. The van der Waals surface area contributed by atoms with Crippen molar-refractivity contribution < 1.29 is 4.74 Å². The standard InChI is InChI=1S/C16H33O/c1-3-5-7-8-9-10-11-12-14-16-17-15-13-6-4-2/h2-16H2,1H3. The largest absolute Gasteiger partial charge is 0.381 e. The van der Waals surface area contributed by atoms with Crippen LogP contribution in [0.25, 0.3) is 0 Å². The molecule has 0 unspecified atom stereocenters. The third-order valence-electron chi connectivity index (χ3n) is 3.18. The normalized spacial score (nSPS) is 10.9. The third-order valence-corrected chi connectivity index (χ3v) is 3.18. The van der Waals surface area contributed by atoms with E-state index in [1.54, 1.807) is 0 Å². The van der Waals surface area contributed by atoms with Crippen molar-refractivity contribution in [2.45, 2.75) is 84.0 Å². The number of hydrogen-bond acceptors (Lipinski definition) is 1. The highest BCUT2D eigenvalue weighted by molar-refractivity contribution is 4.47. The lowest BCUT2D eigenvalue weighted by atomic mass is 10.1. The number of rotatable bonds is 14. The summed E-state index contributed by atoms with van der Waals surface area (Å²) in [6.07, 6.45) is 15.9. The molecule has 0 heterocycles. The van der Waals surface area contributed by atoms with E-state index in [4.69, 9.17) is 4.74 Å². The Hall–Kier alpha value is -0.0400. The lowest BCUT2D eigenvalue weighted by molar-refractivity contribution is 0.126. The molecule has 1 nitrogen and oxygen atoms in total. The summed E-state index contributed by atoms with van der Waals surface area (Å²) in [6.45, 7) is 8.00. The Morgan fingerprint density at radius 1 is 0.647 bits per heavy atom. The number of ether oxygens (including phenoxy) is 1. The molecular weight excluding hydrogens is 208 g/mol. The van der Waals surface area contributed by atoms with Gasteiger partial charge < -0.3 is 4.74 Å². The van der Waals surface area contributed by atoms with Crippen molar-refractivity contribution in [3.05, 3.63) is 6.92 Å². The van der Waals surface area contributed by atoms with E-state index in [1.165, 1.54) is 70.6 Å². The van der Waals surface area contributed by atoms with Gasteiger partial charge in [0.15, 0.2) is 0 Å². The van der Waals surface area contributed by atoms with E-state index >= 15 is 0 Å². The highest BCUT2D eigenvalue weighted by Crippen LogP contribution is 2.09. The maximum atomic E-state index is 5.57.